The second-order valence-electron chi connectivity index (χ2n) is 34.4. The van der Waals surface area contributed by atoms with E-state index in [1.807, 2.05) is 178 Å². The van der Waals surface area contributed by atoms with Crippen LogP contribution in [0.3, 0.4) is 0 Å². The van der Waals surface area contributed by atoms with Gasteiger partial charge in [0.2, 0.25) is 0 Å². The molecular weight excluding hydrogens is 1410 g/mol. The molecule has 0 heterocycles. The fourth-order valence-electron chi connectivity index (χ4n) is 16.5. The zero-order valence-electron chi connectivity index (χ0n) is 71.5. The average Bonchev–Trinajstić information content (AvgIpc) is 0.745. The normalized spacial score (nSPS) is 11.7. The molecule has 0 unspecified atom stereocenters. The van der Waals surface area contributed by atoms with E-state index in [1.165, 1.54) is 16.7 Å². The number of hydrogen-bond donors (Lipinski definition) is 10. The van der Waals surface area contributed by atoms with E-state index >= 15 is 0 Å². The highest BCUT2D eigenvalue weighted by atomic mass is 16.3. The zero-order valence-corrected chi connectivity index (χ0v) is 71.5. The number of phenolic OH excluding ortho intramolecular Hbond substituents is 10. The van der Waals surface area contributed by atoms with E-state index in [0.717, 1.165) is 184 Å². The molecule has 0 radical (unpaired) electrons. The lowest BCUT2D eigenvalue weighted by Crippen LogP contribution is -2.27. The van der Waals surface area contributed by atoms with Gasteiger partial charge in [-0.25, -0.2) is 0 Å². The van der Waals surface area contributed by atoms with Gasteiger partial charge in [-0.2, -0.15) is 0 Å². The second kappa shape index (κ2) is 33.4. The Labute approximate surface area is 677 Å². The molecule has 0 aliphatic carbocycles. The summed E-state index contributed by atoms with van der Waals surface area (Å²) in [5, 5.41) is 106. The van der Waals surface area contributed by atoms with Crippen molar-refractivity contribution in [2.75, 3.05) is 0 Å². The Morgan fingerprint density at radius 2 is 0.404 bits per heavy atom. The summed E-state index contributed by atoms with van der Waals surface area (Å²) in [4.78, 5) is 0. The molecule has 114 heavy (non-hydrogen) atoms. The Morgan fingerprint density at radius 1 is 0.193 bits per heavy atom. The van der Waals surface area contributed by atoms with E-state index < -0.39 is 0 Å². The van der Waals surface area contributed by atoms with Gasteiger partial charge in [0.1, 0.15) is 57.5 Å². The van der Waals surface area contributed by atoms with E-state index in [-0.39, 0.29) is 16.2 Å². The maximum atomic E-state index is 11.3. The maximum Gasteiger partial charge on any atom is 0.122 e. The van der Waals surface area contributed by atoms with Crippen molar-refractivity contribution in [3.05, 3.63) is 347 Å². The van der Waals surface area contributed by atoms with E-state index in [4.69, 9.17) is 0 Å². The Bertz CT molecular complexity index is 5130. The Balaban J connectivity index is 0.000000182. The third-order valence-corrected chi connectivity index (χ3v) is 24.2. The van der Waals surface area contributed by atoms with Crippen LogP contribution in [0.25, 0.3) is 11.1 Å². The highest BCUT2D eigenvalue weighted by molar-refractivity contribution is 5.69. The summed E-state index contributed by atoms with van der Waals surface area (Å²) in [6, 6.07) is 53.9. The topological polar surface area (TPSA) is 202 Å². The van der Waals surface area contributed by atoms with Crippen LogP contribution in [0.2, 0.25) is 0 Å². The molecule has 12 rings (SSSR count). The van der Waals surface area contributed by atoms with Crippen molar-refractivity contribution in [2.24, 2.45) is 0 Å². The molecule has 12 aromatic carbocycles. The molecule has 0 amide bonds. The van der Waals surface area contributed by atoms with Gasteiger partial charge in [0, 0.05) is 53.1 Å². The predicted molar refractivity (Wildman–Crippen MR) is 469 cm³/mol. The summed E-state index contributed by atoms with van der Waals surface area (Å²) in [7, 11) is 0. The Hall–Kier alpha value is -11.4. The summed E-state index contributed by atoms with van der Waals surface area (Å²) in [6.45, 7) is 48.5. The third kappa shape index (κ3) is 17.8. The molecule has 0 fully saturated rings. The van der Waals surface area contributed by atoms with Crippen molar-refractivity contribution < 1.29 is 51.1 Å². The summed E-state index contributed by atoms with van der Waals surface area (Å²) in [6.07, 6.45) is 2.96. The Morgan fingerprint density at radius 3 is 0.649 bits per heavy atom. The van der Waals surface area contributed by atoms with Crippen molar-refractivity contribution in [1.82, 2.24) is 0 Å². The molecule has 12 aromatic rings. The number of phenols is 10. The van der Waals surface area contributed by atoms with Crippen molar-refractivity contribution in [2.45, 2.75) is 215 Å². The van der Waals surface area contributed by atoms with Gasteiger partial charge in [0.25, 0.3) is 0 Å². The molecular formula is C104H118O10. The van der Waals surface area contributed by atoms with Crippen molar-refractivity contribution in [3.8, 4) is 68.6 Å². The maximum absolute atomic E-state index is 11.3. The first-order valence-corrected chi connectivity index (χ1v) is 39.6. The molecule has 594 valence electrons. The number of aromatic hydroxyl groups is 10. The van der Waals surface area contributed by atoms with Crippen molar-refractivity contribution >= 4 is 0 Å². The molecule has 0 aliphatic rings. The van der Waals surface area contributed by atoms with Gasteiger partial charge < -0.3 is 51.1 Å². The van der Waals surface area contributed by atoms with Crippen LogP contribution in [0.1, 0.15) is 231 Å². The second-order valence-corrected chi connectivity index (χ2v) is 34.4. The molecule has 10 heteroatoms. The van der Waals surface area contributed by atoms with Crippen molar-refractivity contribution in [1.29, 1.82) is 0 Å². The number of aryl methyl sites for hydroxylation is 16. The zero-order chi connectivity index (χ0) is 84.0. The van der Waals surface area contributed by atoms with Crippen LogP contribution in [-0.4, -0.2) is 51.1 Å². The molecule has 10 N–H and O–H groups in total. The summed E-state index contributed by atoms with van der Waals surface area (Å²) in [5.41, 5.74) is 33.8. The fourth-order valence-corrected chi connectivity index (χ4v) is 16.5. The van der Waals surface area contributed by atoms with Crippen LogP contribution < -0.4 is 0 Å². The van der Waals surface area contributed by atoms with E-state index in [9.17, 15) is 51.1 Å². The van der Waals surface area contributed by atoms with E-state index in [1.54, 1.807) is 0 Å². The molecule has 0 aliphatic heterocycles. The van der Waals surface area contributed by atoms with Crippen LogP contribution in [0, 0.1) is 125 Å². The molecule has 0 saturated carbocycles. The van der Waals surface area contributed by atoms with Crippen LogP contribution >= 0.6 is 0 Å². The van der Waals surface area contributed by atoms with Crippen LogP contribution in [0.5, 0.6) is 57.5 Å². The molecule has 0 saturated heterocycles. The lowest BCUT2D eigenvalue weighted by atomic mass is 9.68. The largest absolute Gasteiger partial charge is 0.507 e. The summed E-state index contributed by atoms with van der Waals surface area (Å²) >= 11 is 0. The molecule has 0 atom stereocenters. The monoisotopic (exact) mass is 1530 g/mol. The number of benzene rings is 12. The van der Waals surface area contributed by atoms with Gasteiger partial charge in [-0.15, -0.1) is 0 Å². The first kappa shape index (κ1) is 85.1. The third-order valence-electron chi connectivity index (χ3n) is 24.2. The predicted octanol–water partition coefficient (Wildman–Crippen LogP) is 24.3. The summed E-state index contributed by atoms with van der Waals surface area (Å²) < 4.78 is 0. The van der Waals surface area contributed by atoms with Gasteiger partial charge in [-0.05, 0) is 332 Å². The minimum atomic E-state index is -0.346. The highest BCUT2D eigenvalue weighted by Crippen LogP contribution is 2.46. The standard InChI is InChI=1S/C39H48O3.C35H40O4.C30H30O3/c1-22-13-28(14-23(2)34(22)40)37(7,8)31-19-32(38(9,10)29-15-24(3)35(41)25(4)16-29)21-33(20-31)39(11,12)30-17-26(5)36(42)27(6)18-30;1-18-9-26(10-19(2)32(18)36)15-30-24(7)28(13-22(5)34(30)38)17-29-14-23(6)35(39)31(25(29)8)16-27-11-20(3)33(37)21(4)12-27;1-18-10-22(11-19(2)28(18)31)14-26-16-25(24-8-6-5-7-9-24)17-27(30(26)33)15-23-12-20(3)29(32)21(4)13-23/h13-21,40-42H,1-12H3;9-14,36-39H,15-17H2,1-8H3;5-13,16-17,31-33H,14-15H2,1-4H3. The quantitative estimate of drug-likeness (QED) is 0.0418. The number of hydrogen-bond acceptors (Lipinski definition) is 10. The van der Waals surface area contributed by atoms with Gasteiger partial charge >= 0.3 is 0 Å². The number of rotatable bonds is 17. The van der Waals surface area contributed by atoms with Crippen LogP contribution in [0.4, 0.5) is 0 Å². The lowest BCUT2D eigenvalue weighted by molar-refractivity contribution is 0.462. The van der Waals surface area contributed by atoms with Crippen LogP contribution in [-0.2, 0) is 48.3 Å². The molecule has 0 spiro atoms. The van der Waals surface area contributed by atoms with E-state index in [2.05, 4.69) is 146 Å². The first-order valence-electron chi connectivity index (χ1n) is 39.6. The minimum Gasteiger partial charge on any atom is -0.507 e. The molecule has 10 nitrogen and oxygen atoms in total. The van der Waals surface area contributed by atoms with Gasteiger partial charge in [-0.3, -0.25) is 0 Å². The minimum absolute atomic E-state index is 0.293. The first-order chi connectivity index (χ1) is 53.3. The van der Waals surface area contributed by atoms with E-state index in [0.29, 0.717) is 89.6 Å². The van der Waals surface area contributed by atoms with Crippen molar-refractivity contribution in [3.63, 3.8) is 0 Å². The fraction of sp³-hybridized carbons (Fsp3) is 0.308. The van der Waals surface area contributed by atoms with Gasteiger partial charge in [-0.1, -0.05) is 187 Å². The van der Waals surface area contributed by atoms with Crippen LogP contribution in [0.15, 0.2) is 158 Å². The smallest absolute Gasteiger partial charge is 0.122 e. The summed E-state index contributed by atoms with van der Waals surface area (Å²) in [5.74, 6) is 3.25. The lowest BCUT2D eigenvalue weighted by Gasteiger charge is -2.35. The average molecular weight is 1530 g/mol. The SMILES string of the molecule is Cc1cc(C(C)(C)c2cc(C(C)(C)c3cc(C)c(O)c(C)c3)cc(C(C)(C)c3cc(C)c(O)c(C)c3)c2)cc(C)c1O.Cc1cc(Cc2c(C)c(Cc3cc(C)c(O)c(Cc4cc(C)c(O)c(C)c4)c3C)cc(C)c2O)cc(C)c1O.Cc1cc(Cc2cc(-c3ccccc3)cc(Cc3cc(C)c(O)c(C)c3)c2O)cc(C)c1O. The van der Waals surface area contributed by atoms with Gasteiger partial charge in [0.05, 0.1) is 0 Å². The molecule has 0 bridgehead atoms. The highest BCUT2D eigenvalue weighted by Gasteiger charge is 2.34. The molecule has 0 aromatic heterocycles. The van der Waals surface area contributed by atoms with Gasteiger partial charge in [0.15, 0.2) is 0 Å². The Kier molecular flexibility index (Phi) is 24.9.